The van der Waals surface area contributed by atoms with Gasteiger partial charge in [-0.25, -0.2) is 0 Å². The number of hydrogen-bond acceptors (Lipinski definition) is 3. The van der Waals surface area contributed by atoms with E-state index in [4.69, 9.17) is 15.2 Å². The van der Waals surface area contributed by atoms with Gasteiger partial charge < -0.3 is 20.1 Å². The molecule has 0 amide bonds. The first-order valence-electron chi connectivity index (χ1n) is 8.22. The first kappa shape index (κ1) is 20.9. The third-order valence-electron chi connectivity index (χ3n) is 4.81. The van der Waals surface area contributed by atoms with Gasteiger partial charge in [0.2, 0.25) is 0 Å². The number of benzene rings is 1. The van der Waals surface area contributed by atoms with E-state index in [1.807, 2.05) is 25.1 Å². The smallest absolute Gasteiger partial charge is 0.190 e. The number of halogens is 1. The van der Waals surface area contributed by atoms with Crippen LogP contribution in [0.5, 0.6) is 11.5 Å². The summed E-state index contributed by atoms with van der Waals surface area (Å²) in [6, 6.07) is 6.24. The highest BCUT2D eigenvalue weighted by Gasteiger charge is 2.34. The summed E-state index contributed by atoms with van der Waals surface area (Å²) in [4.78, 5) is 6.49. The van der Waals surface area contributed by atoms with Crippen molar-refractivity contribution < 1.29 is 9.47 Å². The largest absolute Gasteiger partial charge is 0.493 e. The van der Waals surface area contributed by atoms with Gasteiger partial charge in [0.25, 0.3) is 0 Å². The second-order valence-electron chi connectivity index (χ2n) is 6.48. The van der Waals surface area contributed by atoms with E-state index in [2.05, 4.69) is 17.1 Å². The molecular weight excluding hydrogens is 417 g/mol. The summed E-state index contributed by atoms with van der Waals surface area (Å²) in [6.45, 7) is 0.715. The maximum atomic E-state index is 6.00. The molecule has 2 rings (SSSR count). The zero-order valence-electron chi connectivity index (χ0n) is 15.2. The number of nitrogens with two attached hydrogens (primary N) is 1. The first-order chi connectivity index (χ1) is 11.0. The summed E-state index contributed by atoms with van der Waals surface area (Å²) in [6.07, 6.45) is 6.01. The Kier molecular flexibility index (Phi) is 8.12. The third-order valence-corrected chi connectivity index (χ3v) is 4.81. The van der Waals surface area contributed by atoms with Crippen LogP contribution in [0.2, 0.25) is 0 Å². The molecule has 136 valence electrons. The van der Waals surface area contributed by atoms with E-state index in [1.165, 1.54) is 24.8 Å². The third kappa shape index (κ3) is 4.68. The minimum absolute atomic E-state index is 0. The van der Waals surface area contributed by atoms with E-state index < -0.39 is 0 Å². The highest BCUT2D eigenvalue weighted by Crippen LogP contribution is 2.42. The van der Waals surface area contributed by atoms with Crippen molar-refractivity contribution >= 4 is 29.9 Å². The molecule has 0 spiro atoms. The molecule has 0 aliphatic heterocycles. The first-order valence-corrected chi connectivity index (χ1v) is 8.22. The number of hydrogen-bond donors (Lipinski definition) is 1. The zero-order valence-corrected chi connectivity index (χ0v) is 17.5. The molecule has 0 atom stereocenters. The van der Waals surface area contributed by atoms with Gasteiger partial charge in [-0.05, 0) is 30.5 Å². The van der Waals surface area contributed by atoms with Crippen molar-refractivity contribution in [3.05, 3.63) is 23.8 Å². The maximum Gasteiger partial charge on any atom is 0.190 e. The predicted octanol–water partition coefficient (Wildman–Crippen LogP) is 3.40. The number of methoxy groups -OCH3 is 2. The average Bonchev–Trinajstić information content (AvgIpc) is 2.59. The van der Waals surface area contributed by atoms with Crippen LogP contribution >= 0.6 is 24.0 Å². The Morgan fingerprint density at radius 2 is 1.75 bits per heavy atom. The minimum Gasteiger partial charge on any atom is -0.493 e. The van der Waals surface area contributed by atoms with Gasteiger partial charge in [0.1, 0.15) is 0 Å². The Morgan fingerprint density at radius 3 is 2.29 bits per heavy atom. The lowest BCUT2D eigenvalue weighted by atomic mass is 9.69. The van der Waals surface area contributed by atoms with Crippen molar-refractivity contribution in [3.8, 4) is 11.5 Å². The van der Waals surface area contributed by atoms with Gasteiger partial charge in [-0.2, -0.15) is 0 Å². The van der Waals surface area contributed by atoms with E-state index in [1.54, 1.807) is 14.2 Å². The van der Waals surface area contributed by atoms with Crippen molar-refractivity contribution in [1.82, 2.24) is 4.90 Å². The highest BCUT2D eigenvalue weighted by molar-refractivity contribution is 14.0. The van der Waals surface area contributed by atoms with Crippen LogP contribution in [0.4, 0.5) is 0 Å². The van der Waals surface area contributed by atoms with E-state index >= 15 is 0 Å². The Bertz CT molecular complexity index is 555. The molecule has 0 bridgehead atoms. The number of guanidine groups is 1. The van der Waals surface area contributed by atoms with Crippen LogP contribution in [0.3, 0.4) is 0 Å². The fraction of sp³-hybridized carbons (Fsp3) is 0.611. The van der Waals surface area contributed by atoms with Crippen LogP contribution in [0.1, 0.15) is 37.7 Å². The molecule has 0 aromatic heterocycles. The monoisotopic (exact) mass is 447 g/mol. The van der Waals surface area contributed by atoms with Crippen LogP contribution in [0.25, 0.3) is 0 Å². The summed E-state index contributed by atoms with van der Waals surface area (Å²) >= 11 is 0. The van der Waals surface area contributed by atoms with E-state index in [-0.39, 0.29) is 29.4 Å². The molecule has 24 heavy (non-hydrogen) atoms. The molecule has 0 radical (unpaired) electrons. The molecule has 5 nitrogen and oxygen atoms in total. The molecule has 0 saturated heterocycles. The second kappa shape index (κ2) is 9.34. The molecule has 0 heterocycles. The van der Waals surface area contributed by atoms with Crippen LogP contribution in [0, 0.1) is 0 Å². The number of ether oxygens (including phenoxy) is 2. The second-order valence-corrected chi connectivity index (χ2v) is 6.48. The van der Waals surface area contributed by atoms with Crippen molar-refractivity contribution in [1.29, 1.82) is 0 Å². The Labute approximate surface area is 162 Å². The van der Waals surface area contributed by atoms with Crippen molar-refractivity contribution in [2.24, 2.45) is 10.7 Å². The van der Waals surface area contributed by atoms with Crippen LogP contribution in [-0.2, 0) is 5.41 Å². The average molecular weight is 447 g/mol. The standard InChI is InChI=1S/C18H29N3O2.HI/c1-21(2)17(19)20-13-18(10-6-5-7-11-18)14-8-9-15(22-3)16(12-14)23-4;/h8-9,12H,5-7,10-11,13H2,1-4H3,(H2,19,20);1H. The summed E-state index contributed by atoms with van der Waals surface area (Å²) in [5.41, 5.74) is 7.31. The Hall–Kier alpha value is -1.18. The number of nitrogens with zero attached hydrogens (tertiary/aromatic N) is 2. The molecule has 1 aromatic rings. The zero-order chi connectivity index (χ0) is 16.9. The van der Waals surface area contributed by atoms with Gasteiger partial charge in [-0.1, -0.05) is 25.3 Å². The molecule has 1 fully saturated rings. The molecule has 0 unspecified atom stereocenters. The van der Waals surface area contributed by atoms with Crippen molar-refractivity contribution in [2.45, 2.75) is 37.5 Å². The lowest BCUT2D eigenvalue weighted by Crippen LogP contribution is -2.36. The minimum atomic E-state index is 0. The molecule has 1 aliphatic carbocycles. The Morgan fingerprint density at radius 1 is 1.12 bits per heavy atom. The fourth-order valence-corrected chi connectivity index (χ4v) is 3.31. The topological polar surface area (TPSA) is 60.1 Å². The van der Waals surface area contributed by atoms with Crippen molar-refractivity contribution in [3.63, 3.8) is 0 Å². The SMILES string of the molecule is COc1ccc(C2(CN=C(N)N(C)C)CCCCC2)cc1OC.I. The molecule has 2 N–H and O–H groups in total. The lowest BCUT2D eigenvalue weighted by Gasteiger charge is -2.37. The van der Waals surface area contributed by atoms with E-state index in [9.17, 15) is 0 Å². The van der Waals surface area contributed by atoms with Gasteiger partial charge >= 0.3 is 0 Å². The number of aliphatic imine (C=N–C) groups is 1. The van der Waals surface area contributed by atoms with Gasteiger partial charge in [-0.3, -0.25) is 4.99 Å². The summed E-state index contributed by atoms with van der Waals surface area (Å²) in [5, 5.41) is 0. The summed E-state index contributed by atoms with van der Waals surface area (Å²) in [5.74, 6) is 2.12. The van der Waals surface area contributed by atoms with Crippen LogP contribution < -0.4 is 15.2 Å². The molecule has 1 aromatic carbocycles. The number of rotatable bonds is 5. The summed E-state index contributed by atoms with van der Waals surface area (Å²) in [7, 11) is 7.18. The molecular formula is C18H30IN3O2. The van der Waals surface area contributed by atoms with Crippen LogP contribution in [0.15, 0.2) is 23.2 Å². The van der Waals surface area contributed by atoms with Gasteiger partial charge in [0, 0.05) is 19.5 Å². The fourth-order valence-electron chi connectivity index (χ4n) is 3.31. The van der Waals surface area contributed by atoms with Crippen molar-refractivity contribution in [2.75, 3.05) is 34.9 Å². The molecule has 6 heteroatoms. The summed E-state index contributed by atoms with van der Waals surface area (Å²) < 4.78 is 10.8. The maximum absolute atomic E-state index is 6.00. The van der Waals surface area contributed by atoms with Gasteiger partial charge in [-0.15, -0.1) is 24.0 Å². The lowest BCUT2D eigenvalue weighted by molar-refractivity contribution is 0.297. The van der Waals surface area contributed by atoms with E-state index in [0.717, 1.165) is 24.3 Å². The Balaban J connectivity index is 0.00000288. The molecule has 1 aliphatic rings. The quantitative estimate of drug-likeness (QED) is 0.427. The molecule has 1 saturated carbocycles. The predicted molar refractivity (Wildman–Crippen MR) is 110 cm³/mol. The highest BCUT2D eigenvalue weighted by atomic mass is 127. The van der Waals surface area contributed by atoms with Crippen LogP contribution in [-0.4, -0.2) is 45.7 Å². The van der Waals surface area contributed by atoms with Gasteiger partial charge in [0.05, 0.1) is 20.8 Å². The van der Waals surface area contributed by atoms with Gasteiger partial charge in [0.15, 0.2) is 17.5 Å². The normalized spacial score (nSPS) is 16.9. The van der Waals surface area contributed by atoms with E-state index in [0.29, 0.717) is 12.5 Å².